The summed E-state index contributed by atoms with van der Waals surface area (Å²) in [6.45, 7) is 0. The number of aryl methyl sites for hydroxylation is 1. The molecule has 0 saturated carbocycles. The molecule has 3 nitrogen and oxygen atoms in total. The van der Waals surface area contributed by atoms with Crippen LogP contribution in [0.5, 0.6) is 11.5 Å². The van der Waals surface area contributed by atoms with Gasteiger partial charge in [-0.25, -0.2) is 0 Å². The van der Waals surface area contributed by atoms with Gasteiger partial charge in [0, 0.05) is 0 Å². The zero-order valence-corrected chi connectivity index (χ0v) is 12.6. The Labute approximate surface area is 126 Å². The third-order valence-corrected chi connectivity index (χ3v) is 3.59. The topological polar surface area (TPSA) is 38.7 Å². The van der Waals surface area contributed by atoms with E-state index in [-0.39, 0.29) is 0 Å². The molecule has 2 aromatic rings. The van der Waals surface area contributed by atoms with Gasteiger partial charge < -0.3 is 14.6 Å². The number of rotatable bonds is 7. The molecular formula is C18H22O3. The van der Waals surface area contributed by atoms with Crippen LogP contribution in [0.15, 0.2) is 48.5 Å². The summed E-state index contributed by atoms with van der Waals surface area (Å²) in [7, 11) is 3.21. The highest BCUT2D eigenvalue weighted by Crippen LogP contribution is 2.36. The highest BCUT2D eigenvalue weighted by Gasteiger charge is 2.18. The third kappa shape index (κ3) is 3.99. The molecule has 0 aliphatic carbocycles. The fourth-order valence-electron chi connectivity index (χ4n) is 2.50. The van der Waals surface area contributed by atoms with E-state index in [2.05, 4.69) is 12.1 Å². The van der Waals surface area contributed by atoms with E-state index in [0.29, 0.717) is 17.9 Å². The van der Waals surface area contributed by atoms with Gasteiger partial charge in [0.25, 0.3) is 0 Å². The van der Waals surface area contributed by atoms with Crippen LogP contribution in [0.2, 0.25) is 0 Å². The van der Waals surface area contributed by atoms with Gasteiger partial charge in [0.2, 0.25) is 0 Å². The van der Waals surface area contributed by atoms with Crippen molar-refractivity contribution in [3.8, 4) is 11.5 Å². The summed E-state index contributed by atoms with van der Waals surface area (Å²) in [4.78, 5) is 0. The van der Waals surface area contributed by atoms with Gasteiger partial charge in [-0.05, 0) is 37.0 Å². The van der Waals surface area contributed by atoms with Crippen LogP contribution in [0.4, 0.5) is 0 Å². The van der Waals surface area contributed by atoms with Gasteiger partial charge in [0.1, 0.15) is 11.5 Å². The van der Waals surface area contributed by atoms with E-state index in [1.165, 1.54) is 5.56 Å². The average Bonchev–Trinajstić information content (AvgIpc) is 2.54. The molecular weight excluding hydrogens is 264 g/mol. The van der Waals surface area contributed by atoms with Crippen LogP contribution in [-0.2, 0) is 6.42 Å². The fourth-order valence-corrected chi connectivity index (χ4v) is 2.50. The minimum Gasteiger partial charge on any atom is -0.496 e. The molecule has 0 heterocycles. The molecule has 0 fully saturated rings. The average molecular weight is 286 g/mol. The largest absolute Gasteiger partial charge is 0.496 e. The van der Waals surface area contributed by atoms with Crippen LogP contribution < -0.4 is 9.47 Å². The van der Waals surface area contributed by atoms with Crippen LogP contribution in [0, 0.1) is 0 Å². The standard InChI is InChI=1S/C18H22O3/c1-20-16-12-7-13-17(21-2)18(16)15(19)11-6-10-14-8-4-3-5-9-14/h3-5,7-9,12-13,15,19H,6,10-11H2,1-2H3. The number of aliphatic hydroxyl groups is 1. The summed E-state index contributed by atoms with van der Waals surface area (Å²) in [5.74, 6) is 1.34. The second-order valence-electron chi connectivity index (χ2n) is 4.97. The molecule has 112 valence electrons. The van der Waals surface area contributed by atoms with E-state index >= 15 is 0 Å². The first-order valence-corrected chi connectivity index (χ1v) is 7.19. The fraction of sp³-hybridized carbons (Fsp3) is 0.333. The van der Waals surface area contributed by atoms with Gasteiger partial charge in [-0.1, -0.05) is 36.4 Å². The Morgan fingerprint density at radius 1 is 0.905 bits per heavy atom. The normalized spacial score (nSPS) is 12.0. The maximum absolute atomic E-state index is 10.5. The molecule has 0 aliphatic rings. The highest BCUT2D eigenvalue weighted by molar-refractivity contribution is 5.46. The SMILES string of the molecule is COc1cccc(OC)c1C(O)CCCc1ccccc1. The Bertz CT molecular complexity index is 529. The van der Waals surface area contributed by atoms with Gasteiger partial charge in [-0.15, -0.1) is 0 Å². The van der Waals surface area contributed by atoms with Crippen molar-refractivity contribution in [3.05, 3.63) is 59.7 Å². The van der Waals surface area contributed by atoms with Gasteiger partial charge in [-0.2, -0.15) is 0 Å². The molecule has 0 aliphatic heterocycles. The Balaban J connectivity index is 2.01. The lowest BCUT2D eigenvalue weighted by Crippen LogP contribution is -2.04. The van der Waals surface area contributed by atoms with E-state index in [4.69, 9.17) is 9.47 Å². The van der Waals surface area contributed by atoms with Crippen LogP contribution in [0.25, 0.3) is 0 Å². The zero-order chi connectivity index (χ0) is 15.1. The first kappa shape index (κ1) is 15.4. The summed E-state index contributed by atoms with van der Waals surface area (Å²) < 4.78 is 10.7. The molecule has 1 unspecified atom stereocenters. The zero-order valence-electron chi connectivity index (χ0n) is 12.6. The van der Waals surface area contributed by atoms with Crippen molar-refractivity contribution in [1.82, 2.24) is 0 Å². The Morgan fingerprint density at radius 2 is 1.52 bits per heavy atom. The summed E-state index contributed by atoms with van der Waals surface area (Å²) in [5.41, 5.74) is 2.02. The molecule has 1 atom stereocenters. The van der Waals surface area contributed by atoms with Gasteiger partial charge in [-0.3, -0.25) is 0 Å². The van der Waals surface area contributed by atoms with Crippen molar-refractivity contribution in [2.24, 2.45) is 0 Å². The molecule has 0 saturated heterocycles. The lowest BCUT2D eigenvalue weighted by molar-refractivity contribution is 0.156. The predicted octanol–water partition coefficient (Wildman–Crippen LogP) is 3.76. The number of ether oxygens (including phenoxy) is 2. The van der Waals surface area contributed by atoms with Crippen LogP contribution in [0.1, 0.15) is 30.1 Å². The highest BCUT2D eigenvalue weighted by atomic mass is 16.5. The van der Waals surface area contributed by atoms with Crippen LogP contribution in [-0.4, -0.2) is 19.3 Å². The van der Waals surface area contributed by atoms with Crippen molar-refractivity contribution in [1.29, 1.82) is 0 Å². The third-order valence-electron chi connectivity index (χ3n) is 3.59. The van der Waals surface area contributed by atoms with E-state index < -0.39 is 6.10 Å². The van der Waals surface area contributed by atoms with Crippen molar-refractivity contribution in [3.63, 3.8) is 0 Å². The molecule has 1 N–H and O–H groups in total. The lowest BCUT2D eigenvalue weighted by atomic mass is 9.99. The number of aliphatic hydroxyl groups excluding tert-OH is 1. The summed E-state index contributed by atoms with van der Waals surface area (Å²) in [6, 6.07) is 15.8. The van der Waals surface area contributed by atoms with E-state index in [1.54, 1.807) is 14.2 Å². The van der Waals surface area contributed by atoms with E-state index in [9.17, 15) is 5.11 Å². The molecule has 0 amide bonds. The minimum absolute atomic E-state index is 0.584. The Hall–Kier alpha value is -2.00. The summed E-state index contributed by atoms with van der Waals surface area (Å²) >= 11 is 0. The number of benzene rings is 2. The van der Waals surface area contributed by atoms with Crippen LogP contribution in [0.3, 0.4) is 0 Å². The smallest absolute Gasteiger partial charge is 0.128 e. The monoisotopic (exact) mass is 286 g/mol. The molecule has 0 radical (unpaired) electrons. The van der Waals surface area contributed by atoms with E-state index in [1.807, 2.05) is 36.4 Å². The molecule has 0 aromatic heterocycles. The van der Waals surface area contributed by atoms with Crippen molar-refractivity contribution >= 4 is 0 Å². The Morgan fingerprint density at radius 3 is 2.10 bits per heavy atom. The molecule has 21 heavy (non-hydrogen) atoms. The number of hydrogen-bond donors (Lipinski definition) is 1. The first-order valence-electron chi connectivity index (χ1n) is 7.19. The molecule has 2 aromatic carbocycles. The van der Waals surface area contributed by atoms with Crippen molar-refractivity contribution < 1.29 is 14.6 Å². The van der Waals surface area contributed by atoms with Crippen molar-refractivity contribution in [2.75, 3.05) is 14.2 Å². The van der Waals surface area contributed by atoms with Gasteiger partial charge >= 0.3 is 0 Å². The molecule has 0 bridgehead atoms. The second-order valence-corrected chi connectivity index (χ2v) is 4.97. The number of hydrogen-bond acceptors (Lipinski definition) is 3. The van der Waals surface area contributed by atoms with Gasteiger partial charge in [0.15, 0.2) is 0 Å². The predicted molar refractivity (Wildman–Crippen MR) is 83.9 cm³/mol. The lowest BCUT2D eigenvalue weighted by Gasteiger charge is -2.18. The molecule has 0 spiro atoms. The maximum Gasteiger partial charge on any atom is 0.128 e. The summed E-state index contributed by atoms with van der Waals surface area (Å²) in [6.07, 6.45) is 1.95. The number of methoxy groups -OCH3 is 2. The van der Waals surface area contributed by atoms with Gasteiger partial charge in [0.05, 0.1) is 25.9 Å². The van der Waals surface area contributed by atoms with Crippen LogP contribution >= 0.6 is 0 Å². The maximum atomic E-state index is 10.5. The molecule has 2 rings (SSSR count). The molecule has 3 heteroatoms. The quantitative estimate of drug-likeness (QED) is 0.842. The van der Waals surface area contributed by atoms with E-state index in [0.717, 1.165) is 18.4 Å². The van der Waals surface area contributed by atoms with Crippen molar-refractivity contribution in [2.45, 2.75) is 25.4 Å². The minimum atomic E-state index is -0.584. The Kier molecular flexibility index (Phi) is 5.64. The second kappa shape index (κ2) is 7.70. The first-order chi connectivity index (χ1) is 10.3. The summed E-state index contributed by atoms with van der Waals surface area (Å²) in [5, 5.41) is 10.5.